The third-order valence-electron chi connectivity index (χ3n) is 14.5. The van der Waals surface area contributed by atoms with Crippen LogP contribution in [-0.4, -0.2) is 93.4 Å². The Kier molecular flexibility index (Phi) is 11.3. The van der Waals surface area contributed by atoms with Crippen molar-refractivity contribution in [1.29, 1.82) is 0 Å². The lowest BCUT2D eigenvalue weighted by atomic mass is 9.46. The van der Waals surface area contributed by atoms with Gasteiger partial charge in [0.15, 0.2) is 6.10 Å². The zero-order chi connectivity index (χ0) is 36.8. The molecule has 1 aliphatic heterocycles. The summed E-state index contributed by atoms with van der Waals surface area (Å²) in [5, 5.41) is 63.8. The standard InChI is InChI=1S/C40H60O10/c1-23-7-11-31-37(3,16-13-33(45)39(31,5)21-42)27(23)10-9-26-30(20-49-35(26)47)50-36(48)25(15-18-41)29(44)19-28-24(2)8-12-32-38(28,4)17-14-34(46)40(32,6)22-43/h9,15,27-34,41-46H,1-2,7-8,10-14,16-22H2,3-6H3/b25-15+,26-9+/t27-,28-,29-,30-,31+,32+,33-,34-,37+,38+,39+,40+/m1/s1. The Morgan fingerprint density at radius 2 is 1.42 bits per heavy atom. The monoisotopic (exact) mass is 700 g/mol. The van der Waals surface area contributed by atoms with Gasteiger partial charge in [0.05, 0.1) is 49.3 Å². The third kappa shape index (κ3) is 6.47. The molecule has 0 aromatic carbocycles. The van der Waals surface area contributed by atoms with Gasteiger partial charge < -0.3 is 40.1 Å². The predicted molar refractivity (Wildman–Crippen MR) is 187 cm³/mol. The van der Waals surface area contributed by atoms with Gasteiger partial charge in [0.25, 0.3) is 0 Å². The summed E-state index contributed by atoms with van der Waals surface area (Å²) < 4.78 is 11.2. The van der Waals surface area contributed by atoms with Crippen molar-refractivity contribution in [2.45, 2.75) is 116 Å². The topological polar surface area (TPSA) is 174 Å². The molecule has 12 atom stereocenters. The molecule has 0 radical (unpaired) electrons. The molecule has 5 rings (SSSR count). The maximum absolute atomic E-state index is 13.7. The van der Waals surface area contributed by atoms with Crippen molar-refractivity contribution in [2.75, 3.05) is 26.4 Å². The van der Waals surface area contributed by atoms with Gasteiger partial charge >= 0.3 is 11.9 Å². The van der Waals surface area contributed by atoms with Crippen LogP contribution in [0.4, 0.5) is 0 Å². The van der Waals surface area contributed by atoms with E-state index >= 15 is 0 Å². The summed E-state index contributed by atoms with van der Waals surface area (Å²) >= 11 is 0. The molecule has 50 heavy (non-hydrogen) atoms. The second-order valence-corrected chi connectivity index (χ2v) is 17.0. The van der Waals surface area contributed by atoms with E-state index in [9.17, 15) is 40.2 Å². The molecule has 10 heteroatoms. The van der Waals surface area contributed by atoms with Crippen molar-refractivity contribution >= 4 is 11.9 Å². The number of rotatable bonds is 10. The van der Waals surface area contributed by atoms with Crippen LogP contribution in [0.2, 0.25) is 0 Å². The molecular formula is C40H60O10. The molecule has 1 saturated heterocycles. The van der Waals surface area contributed by atoms with Crippen LogP contribution in [0, 0.1) is 45.3 Å². The Morgan fingerprint density at radius 3 is 1.94 bits per heavy atom. The van der Waals surface area contributed by atoms with E-state index in [1.54, 1.807) is 6.08 Å². The van der Waals surface area contributed by atoms with E-state index in [1.807, 2.05) is 13.8 Å². The smallest absolute Gasteiger partial charge is 0.337 e. The maximum atomic E-state index is 13.7. The number of carbonyl (C=O) groups is 2. The minimum absolute atomic E-state index is 0.0214. The number of hydrogen-bond donors (Lipinski definition) is 6. The predicted octanol–water partition coefficient (Wildman–Crippen LogP) is 3.93. The van der Waals surface area contributed by atoms with Gasteiger partial charge in [-0.3, -0.25) is 0 Å². The van der Waals surface area contributed by atoms with Gasteiger partial charge in [-0.1, -0.05) is 58.1 Å². The Bertz CT molecular complexity index is 1400. The van der Waals surface area contributed by atoms with Gasteiger partial charge in [-0.25, -0.2) is 9.59 Å². The van der Waals surface area contributed by atoms with Crippen LogP contribution in [0.5, 0.6) is 0 Å². The molecule has 0 spiro atoms. The number of esters is 2. The molecule has 0 amide bonds. The van der Waals surface area contributed by atoms with Crippen molar-refractivity contribution in [2.24, 2.45) is 45.3 Å². The first-order valence-electron chi connectivity index (χ1n) is 18.5. The highest BCUT2D eigenvalue weighted by molar-refractivity contribution is 5.94. The maximum Gasteiger partial charge on any atom is 0.337 e. The summed E-state index contributed by atoms with van der Waals surface area (Å²) in [6.45, 7) is 15.9. The van der Waals surface area contributed by atoms with Crippen molar-refractivity contribution in [3.63, 3.8) is 0 Å². The number of cyclic esters (lactones) is 1. The van der Waals surface area contributed by atoms with Gasteiger partial charge in [0, 0.05) is 10.8 Å². The molecule has 4 saturated carbocycles. The van der Waals surface area contributed by atoms with E-state index in [1.165, 1.54) is 6.08 Å². The van der Waals surface area contributed by atoms with Gasteiger partial charge in [-0.2, -0.15) is 0 Å². The lowest BCUT2D eigenvalue weighted by Gasteiger charge is -2.60. The van der Waals surface area contributed by atoms with Gasteiger partial charge in [0.1, 0.15) is 6.61 Å². The summed E-state index contributed by atoms with van der Waals surface area (Å²) in [7, 11) is 0. The molecule has 5 aliphatic rings. The quantitative estimate of drug-likeness (QED) is 0.111. The SMILES string of the molecule is C=C1CC[C@@H]2[C@](C)(CO)[C@H](O)CC[C@@]2(C)[C@@H]1C/C=C1/C(=O)OC[C@H]1OC(=O)/C(=C/CO)[C@H](O)C[C@@H]1C(=C)CC[C@@H]2[C@](C)(CO)[C@H](O)CC[C@]21C. The highest BCUT2D eigenvalue weighted by atomic mass is 16.6. The summed E-state index contributed by atoms with van der Waals surface area (Å²) in [6.07, 6.45) is 5.58. The first-order chi connectivity index (χ1) is 23.5. The summed E-state index contributed by atoms with van der Waals surface area (Å²) in [6, 6.07) is 0. The van der Waals surface area contributed by atoms with E-state index in [2.05, 4.69) is 27.0 Å². The fraction of sp³-hybridized carbons (Fsp3) is 0.750. The van der Waals surface area contributed by atoms with Crippen molar-refractivity contribution in [3.05, 3.63) is 47.6 Å². The van der Waals surface area contributed by atoms with Crippen LogP contribution in [0.25, 0.3) is 0 Å². The molecule has 0 bridgehead atoms. The Morgan fingerprint density at radius 1 is 0.900 bits per heavy atom. The van der Waals surface area contributed by atoms with Crippen molar-refractivity contribution < 1.29 is 49.7 Å². The molecule has 4 aliphatic carbocycles. The minimum Gasteiger partial charge on any atom is -0.458 e. The van der Waals surface area contributed by atoms with E-state index in [0.717, 1.165) is 36.8 Å². The molecule has 280 valence electrons. The highest BCUT2D eigenvalue weighted by Crippen LogP contribution is 2.63. The summed E-state index contributed by atoms with van der Waals surface area (Å²) in [5.74, 6) is -1.63. The van der Waals surface area contributed by atoms with Crippen LogP contribution in [0.3, 0.4) is 0 Å². The van der Waals surface area contributed by atoms with Crippen molar-refractivity contribution in [1.82, 2.24) is 0 Å². The van der Waals surface area contributed by atoms with E-state index < -0.39 is 53.8 Å². The molecule has 6 N–H and O–H groups in total. The average Bonchev–Trinajstić information content (AvgIpc) is 3.42. The lowest BCUT2D eigenvalue weighted by molar-refractivity contribution is -0.155. The number of hydrogen-bond acceptors (Lipinski definition) is 10. The first-order valence-corrected chi connectivity index (χ1v) is 18.5. The number of aliphatic hydroxyl groups excluding tert-OH is 6. The van der Waals surface area contributed by atoms with E-state index in [-0.39, 0.29) is 71.9 Å². The van der Waals surface area contributed by atoms with Crippen LogP contribution < -0.4 is 0 Å². The first kappa shape index (κ1) is 38.9. The second-order valence-electron chi connectivity index (χ2n) is 17.0. The summed E-state index contributed by atoms with van der Waals surface area (Å²) in [5.41, 5.74) is 0.134. The molecule has 0 unspecified atom stereocenters. The van der Waals surface area contributed by atoms with Gasteiger partial charge in [-0.05, 0) is 105 Å². The third-order valence-corrected chi connectivity index (χ3v) is 14.5. The Hall–Kier alpha value is -2.34. The van der Waals surface area contributed by atoms with Gasteiger partial charge in [0.2, 0.25) is 0 Å². The fourth-order valence-corrected chi connectivity index (χ4v) is 11.3. The van der Waals surface area contributed by atoms with E-state index in [0.29, 0.717) is 32.1 Å². The Balaban J connectivity index is 1.32. The molecule has 0 aromatic heterocycles. The summed E-state index contributed by atoms with van der Waals surface area (Å²) in [4.78, 5) is 26.6. The van der Waals surface area contributed by atoms with Crippen LogP contribution >= 0.6 is 0 Å². The van der Waals surface area contributed by atoms with E-state index in [4.69, 9.17) is 9.47 Å². The zero-order valence-corrected chi connectivity index (χ0v) is 30.4. The van der Waals surface area contributed by atoms with Crippen LogP contribution in [0.1, 0.15) is 91.9 Å². The number of aliphatic hydroxyl groups is 6. The molecule has 1 heterocycles. The van der Waals surface area contributed by atoms with Crippen LogP contribution in [0.15, 0.2) is 47.6 Å². The van der Waals surface area contributed by atoms with Crippen molar-refractivity contribution in [3.8, 4) is 0 Å². The lowest BCUT2D eigenvalue weighted by Crippen LogP contribution is -2.57. The number of ether oxygens (including phenoxy) is 2. The number of carbonyl (C=O) groups excluding carboxylic acids is 2. The Labute approximate surface area is 296 Å². The zero-order valence-electron chi connectivity index (χ0n) is 30.4. The van der Waals surface area contributed by atoms with Gasteiger partial charge in [-0.15, -0.1) is 0 Å². The largest absolute Gasteiger partial charge is 0.458 e. The molecule has 5 fully saturated rings. The molecule has 0 aromatic rings. The second kappa shape index (κ2) is 14.6. The molecular weight excluding hydrogens is 640 g/mol. The number of allylic oxidation sites excluding steroid dienone is 3. The normalized spacial score (nSPS) is 43.6. The molecule has 10 nitrogen and oxygen atoms in total. The minimum atomic E-state index is -1.30. The fourth-order valence-electron chi connectivity index (χ4n) is 11.3. The highest BCUT2D eigenvalue weighted by Gasteiger charge is 2.59. The van der Waals surface area contributed by atoms with Crippen LogP contribution in [-0.2, 0) is 19.1 Å². The average molecular weight is 701 g/mol. The number of fused-ring (bicyclic) bond motifs is 2.